The van der Waals surface area contributed by atoms with Crippen LogP contribution in [0.5, 0.6) is 11.5 Å². The molecule has 1 aromatic carbocycles. The SMILES string of the molecule is C=CCN1CC[C@]23c4c5ccc(OC(=O)CCCCCCCCCCCCCC)c4O[C@@H]2C(=O)CC[C@@]3(O)[C@@H]1C5. The van der Waals surface area contributed by atoms with Gasteiger partial charge in [0.1, 0.15) is 0 Å². The van der Waals surface area contributed by atoms with Crippen molar-refractivity contribution in [3.8, 4) is 11.5 Å². The summed E-state index contributed by atoms with van der Waals surface area (Å²) in [7, 11) is 0. The lowest BCUT2D eigenvalue weighted by Gasteiger charge is -2.62. The number of rotatable bonds is 16. The van der Waals surface area contributed by atoms with E-state index in [0.717, 1.165) is 36.9 Å². The summed E-state index contributed by atoms with van der Waals surface area (Å²) in [5.74, 6) is 0.692. The highest BCUT2D eigenvalue weighted by Gasteiger charge is 2.73. The summed E-state index contributed by atoms with van der Waals surface area (Å²) in [5, 5.41) is 12.3. The molecule has 5 rings (SSSR count). The molecule has 2 aliphatic carbocycles. The Morgan fingerprint density at radius 3 is 2.42 bits per heavy atom. The van der Waals surface area contributed by atoms with Crippen molar-refractivity contribution in [3.63, 3.8) is 0 Å². The zero-order valence-electron chi connectivity index (χ0n) is 24.6. The molecule has 6 nitrogen and oxygen atoms in total. The maximum Gasteiger partial charge on any atom is 0.311 e. The summed E-state index contributed by atoms with van der Waals surface area (Å²) in [6, 6.07) is 3.75. The molecule has 1 saturated heterocycles. The third-order valence-corrected chi connectivity index (χ3v) is 10.2. The standard InChI is InChI=1S/C34H49NO5/c1-3-5-6-7-8-9-10-11-12-13-14-15-16-29(37)39-27-18-17-25-24-28-34(38)20-19-26(36)32-33(34,30(25)31(27)40-32)21-23-35(28)22-4-2/h4,17-18,28,32,38H,2-3,5-16,19-24H2,1H3/t28-,32+,33-,34+/m0/s1. The molecule has 40 heavy (non-hydrogen) atoms. The van der Waals surface area contributed by atoms with Crippen LogP contribution >= 0.6 is 0 Å². The van der Waals surface area contributed by atoms with Crippen LogP contribution in [0.1, 0.15) is 121 Å². The Bertz CT molecular complexity index is 1080. The summed E-state index contributed by atoms with van der Waals surface area (Å²) in [6.07, 6.45) is 18.6. The van der Waals surface area contributed by atoms with Crippen molar-refractivity contribution in [2.75, 3.05) is 13.1 Å². The highest BCUT2D eigenvalue weighted by Crippen LogP contribution is 2.64. The number of esters is 1. The molecular weight excluding hydrogens is 502 g/mol. The van der Waals surface area contributed by atoms with Crippen LogP contribution in [0, 0.1) is 0 Å². The quantitative estimate of drug-likeness (QED) is 0.108. The van der Waals surface area contributed by atoms with Crippen molar-refractivity contribution in [2.45, 2.75) is 139 Å². The minimum atomic E-state index is -1.05. The molecule has 6 heteroatoms. The number of nitrogens with zero attached hydrogens (tertiary/aromatic N) is 1. The first-order chi connectivity index (χ1) is 19.5. The van der Waals surface area contributed by atoms with Crippen molar-refractivity contribution < 1.29 is 24.2 Å². The third kappa shape index (κ3) is 5.27. The molecule has 0 radical (unpaired) electrons. The zero-order valence-corrected chi connectivity index (χ0v) is 24.6. The van der Waals surface area contributed by atoms with E-state index in [1.54, 1.807) is 0 Å². The number of Topliss-reactive ketones (excluding diaryl/α,β-unsaturated/α-hetero) is 1. The molecule has 2 heterocycles. The van der Waals surface area contributed by atoms with Crippen LogP contribution < -0.4 is 9.47 Å². The largest absolute Gasteiger partial charge is 0.477 e. The van der Waals surface area contributed by atoms with Gasteiger partial charge >= 0.3 is 5.97 Å². The van der Waals surface area contributed by atoms with Gasteiger partial charge in [-0.15, -0.1) is 6.58 Å². The second-order valence-corrected chi connectivity index (χ2v) is 12.7. The third-order valence-electron chi connectivity index (χ3n) is 10.2. The fourth-order valence-corrected chi connectivity index (χ4v) is 8.15. The van der Waals surface area contributed by atoms with Crippen LogP contribution in [0.3, 0.4) is 0 Å². The number of ether oxygens (including phenoxy) is 2. The van der Waals surface area contributed by atoms with Gasteiger partial charge in [0, 0.05) is 37.5 Å². The van der Waals surface area contributed by atoms with Crippen LogP contribution in [0.2, 0.25) is 0 Å². The Labute approximate surface area is 240 Å². The highest BCUT2D eigenvalue weighted by atomic mass is 16.6. The fourth-order valence-electron chi connectivity index (χ4n) is 8.15. The lowest BCUT2D eigenvalue weighted by atomic mass is 9.49. The average molecular weight is 552 g/mol. The van der Waals surface area contributed by atoms with E-state index in [4.69, 9.17) is 9.47 Å². The minimum absolute atomic E-state index is 0.0402. The molecule has 1 aromatic rings. The number of unbranched alkanes of at least 4 members (excludes halogenated alkanes) is 11. The lowest BCUT2D eigenvalue weighted by Crippen LogP contribution is -2.76. The summed E-state index contributed by atoms with van der Waals surface area (Å²) < 4.78 is 12.2. The number of carbonyl (C=O) groups excluding carboxylic acids is 2. The molecular formula is C34H49NO5. The first-order valence-electron chi connectivity index (χ1n) is 16.1. The molecule has 2 fully saturated rings. The maximum atomic E-state index is 13.2. The van der Waals surface area contributed by atoms with Gasteiger partial charge in [-0.1, -0.05) is 89.7 Å². The minimum Gasteiger partial charge on any atom is -0.477 e. The molecule has 1 saturated carbocycles. The molecule has 0 aromatic heterocycles. The van der Waals surface area contributed by atoms with Crippen molar-refractivity contribution in [3.05, 3.63) is 35.9 Å². The van der Waals surface area contributed by atoms with Crippen LogP contribution in [0.4, 0.5) is 0 Å². The van der Waals surface area contributed by atoms with E-state index in [9.17, 15) is 14.7 Å². The lowest BCUT2D eigenvalue weighted by molar-refractivity contribution is -0.187. The number of likely N-dealkylation sites (tertiary alicyclic amines) is 1. The Morgan fingerprint density at radius 2 is 1.75 bits per heavy atom. The van der Waals surface area contributed by atoms with Crippen molar-refractivity contribution >= 4 is 11.8 Å². The van der Waals surface area contributed by atoms with Gasteiger partial charge in [-0.25, -0.2) is 0 Å². The second-order valence-electron chi connectivity index (χ2n) is 12.7. The summed E-state index contributed by atoms with van der Waals surface area (Å²) in [4.78, 5) is 28.3. The first-order valence-corrected chi connectivity index (χ1v) is 16.1. The van der Waals surface area contributed by atoms with Gasteiger partial charge in [-0.3, -0.25) is 14.5 Å². The van der Waals surface area contributed by atoms with E-state index in [1.807, 2.05) is 18.2 Å². The summed E-state index contributed by atoms with van der Waals surface area (Å²) >= 11 is 0. The van der Waals surface area contributed by atoms with Crippen molar-refractivity contribution in [2.24, 2.45) is 0 Å². The Morgan fingerprint density at radius 1 is 1.07 bits per heavy atom. The van der Waals surface area contributed by atoms with Gasteiger partial charge in [-0.2, -0.15) is 0 Å². The van der Waals surface area contributed by atoms with Crippen LogP contribution in [0.15, 0.2) is 24.8 Å². The molecule has 220 valence electrons. The first kappa shape index (κ1) is 29.3. The highest BCUT2D eigenvalue weighted by molar-refractivity contribution is 5.90. The number of piperidine rings is 1. The van der Waals surface area contributed by atoms with E-state index < -0.39 is 17.1 Å². The topological polar surface area (TPSA) is 76.1 Å². The maximum absolute atomic E-state index is 13.2. The van der Waals surface area contributed by atoms with Crippen molar-refractivity contribution in [1.82, 2.24) is 4.90 Å². The summed E-state index contributed by atoms with van der Waals surface area (Å²) in [6.45, 7) is 7.65. The number of carbonyl (C=O) groups is 2. The zero-order chi connectivity index (χ0) is 28.2. The average Bonchev–Trinajstić information content (AvgIpc) is 3.30. The normalized spacial score (nSPS) is 28.2. The smallest absolute Gasteiger partial charge is 0.311 e. The molecule has 0 unspecified atom stereocenters. The number of benzene rings is 1. The van der Waals surface area contributed by atoms with E-state index in [2.05, 4.69) is 18.4 Å². The molecule has 4 atom stereocenters. The monoisotopic (exact) mass is 551 g/mol. The van der Waals surface area contributed by atoms with E-state index in [-0.39, 0.29) is 17.8 Å². The van der Waals surface area contributed by atoms with Gasteiger partial charge < -0.3 is 14.6 Å². The Hall–Kier alpha value is -2.18. The molecule has 0 amide bonds. The number of hydrogen-bond acceptors (Lipinski definition) is 6. The Kier molecular flexibility index (Phi) is 9.36. The van der Waals surface area contributed by atoms with Gasteiger partial charge in [0.15, 0.2) is 23.4 Å². The van der Waals surface area contributed by atoms with Gasteiger partial charge in [0.05, 0.1) is 11.0 Å². The number of hydrogen-bond donors (Lipinski definition) is 1. The van der Waals surface area contributed by atoms with Gasteiger partial charge in [-0.05, 0) is 37.3 Å². The Balaban J connectivity index is 1.16. The van der Waals surface area contributed by atoms with E-state index in [1.165, 1.54) is 57.8 Å². The van der Waals surface area contributed by atoms with Crippen molar-refractivity contribution in [1.29, 1.82) is 0 Å². The van der Waals surface area contributed by atoms with E-state index >= 15 is 0 Å². The molecule has 4 aliphatic rings. The van der Waals surface area contributed by atoms with E-state index in [0.29, 0.717) is 50.1 Å². The molecule has 2 aliphatic heterocycles. The van der Waals surface area contributed by atoms with Gasteiger partial charge in [0.2, 0.25) is 0 Å². The van der Waals surface area contributed by atoms with Crippen LogP contribution in [0.25, 0.3) is 0 Å². The molecule has 1 N–H and O–H groups in total. The summed E-state index contributed by atoms with van der Waals surface area (Å²) in [5.41, 5.74) is 0.184. The van der Waals surface area contributed by atoms with Crippen LogP contribution in [-0.4, -0.2) is 52.6 Å². The van der Waals surface area contributed by atoms with Crippen LogP contribution in [-0.2, 0) is 21.4 Å². The number of ketones is 1. The predicted molar refractivity (Wildman–Crippen MR) is 157 cm³/mol. The molecule has 1 spiro atoms. The number of aliphatic hydroxyl groups is 1. The van der Waals surface area contributed by atoms with Gasteiger partial charge in [0.25, 0.3) is 0 Å². The molecule has 2 bridgehead atoms. The predicted octanol–water partition coefficient (Wildman–Crippen LogP) is 6.59. The fraction of sp³-hybridized carbons (Fsp3) is 0.706. The second kappa shape index (κ2) is 12.8.